The first kappa shape index (κ1) is 15.4. The van der Waals surface area contributed by atoms with Crippen LogP contribution in [-0.2, 0) is 10.0 Å². The first-order chi connectivity index (χ1) is 9.46. The number of hydrogen-bond acceptors (Lipinski definition) is 3. The lowest BCUT2D eigenvalue weighted by molar-refractivity contribution is 0.347. The Hall–Kier alpha value is -1.04. The topological polar surface area (TPSA) is 63.4 Å². The fourth-order valence-corrected chi connectivity index (χ4v) is 4.39. The Morgan fingerprint density at radius 1 is 1.40 bits per heavy atom. The number of halogens is 1. The minimum absolute atomic E-state index is 0.0508. The molecule has 1 fully saturated rings. The van der Waals surface area contributed by atoms with Crippen LogP contribution in [0.1, 0.15) is 25.7 Å². The van der Waals surface area contributed by atoms with Crippen molar-refractivity contribution in [2.24, 2.45) is 0 Å². The molecule has 1 aromatic rings. The molecule has 0 unspecified atom stereocenters. The van der Waals surface area contributed by atoms with Gasteiger partial charge in [0.25, 0.3) is 0 Å². The maximum atomic E-state index is 12.8. The molecule has 6 heteroatoms. The molecule has 0 aliphatic heterocycles. The van der Waals surface area contributed by atoms with Crippen LogP contribution in [0.15, 0.2) is 35.7 Å². The number of sulfonamides is 1. The maximum Gasteiger partial charge on any atom is 0.243 e. The van der Waals surface area contributed by atoms with Gasteiger partial charge in [-0.25, -0.2) is 8.42 Å². The van der Waals surface area contributed by atoms with Crippen LogP contribution >= 0.6 is 11.6 Å². The van der Waals surface area contributed by atoms with Crippen molar-refractivity contribution in [1.29, 1.82) is 0 Å². The van der Waals surface area contributed by atoms with Gasteiger partial charge < -0.3 is 5.73 Å². The quantitative estimate of drug-likeness (QED) is 0.671. The Morgan fingerprint density at radius 3 is 2.60 bits per heavy atom. The van der Waals surface area contributed by atoms with E-state index in [1.165, 1.54) is 22.5 Å². The Kier molecular flexibility index (Phi) is 4.73. The predicted octanol–water partition coefficient (Wildman–Crippen LogP) is 3.04. The minimum atomic E-state index is -3.56. The lowest BCUT2D eigenvalue weighted by Gasteiger charge is -2.27. The van der Waals surface area contributed by atoms with Crippen molar-refractivity contribution < 1.29 is 8.42 Å². The van der Waals surface area contributed by atoms with E-state index in [9.17, 15) is 8.42 Å². The highest BCUT2D eigenvalue weighted by molar-refractivity contribution is 7.89. The summed E-state index contributed by atoms with van der Waals surface area (Å²) in [5.41, 5.74) is 5.99. The molecule has 0 atom stereocenters. The second-order valence-corrected chi connectivity index (χ2v) is 7.28. The van der Waals surface area contributed by atoms with Gasteiger partial charge in [-0.2, -0.15) is 4.31 Å². The maximum absolute atomic E-state index is 12.8. The highest BCUT2D eigenvalue weighted by Gasteiger charge is 2.32. The summed E-state index contributed by atoms with van der Waals surface area (Å²) in [6.45, 7) is 3.97. The fourth-order valence-electron chi connectivity index (χ4n) is 2.58. The molecule has 0 spiro atoms. The largest absolute Gasteiger partial charge is 0.397 e. The Balaban J connectivity index is 2.38. The van der Waals surface area contributed by atoms with Crippen molar-refractivity contribution in [3.8, 4) is 0 Å². The summed E-state index contributed by atoms with van der Waals surface area (Å²) in [5, 5.41) is 0.361. The molecular weight excluding hydrogens is 296 g/mol. The number of anilines is 1. The fraction of sp³-hybridized carbons (Fsp3) is 0.429. The van der Waals surface area contributed by atoms with Gasteiger partial charge in [0.1, 0.15) is 0 Å². The summed E-state index contributed by atoms with van der Waals surface area (Å²) in [6.07, 6.45) is 5.55. The highest BCUT2D eigenvalue weighted by Crippen LogP contribution is 2.30. The zero-order chi connectivity index (χ0) is 14.8. The molecule has 0 bridgehead atoms. The summed E-state index contributed by atoms with van der Waals surface area (Å²) in [4.78, 5) is 0.188. The number of rotatable bonds is 5. The van der Waals surface area contributed by atoms with E-state index < -0.39 is 10.0 Å². The van der Waals surface area contributed by atoms with Gasteiger partial charge >= 0.3 is 0 Å². The van der Waals surface area contributed by atoms with Gasteiger partial charge in [0.05, 0.1) is 15.6 Å². The van der Waals surface area contributed by atoms with E-state index in [-0.39, 0.29) is 16.6 Å². The molecule has 2 N–H and O–H groups in total. The summed E-state index contributed by atoms with van der Waals surface area (Å²) >= 11 is 5.85. The van der Waals surface area contributed by atoms with Crippen molar-refractivity contribution in [2.45, 2.75) is 36.6 Å². The Bertz CT molecular complexity index is 595. The number of nitrogen functional groups attached to an aromatic ring is 1. The van der Waals surface area contributed by atoms with Crippen molar-refractivity contribution in [1.82, 2.24) is 4.31 Å². The molecule has 1 aliphatic rings. The minimum Gasteiger partial charge on any atom is -0.397 e. The average Bonchev–Trinajstić information content (AvgIpc) is 2.92. The zero-order valence-corrected chi connectivity index (χ0v) is 12.8. The van der Waals surface area contributed by atoms with Crippen LogP contribution in [-0.4, -0.2) is 25.3 Å². The van der Waals surface area contributed by atoms with E-state index in [2.05, 4.69) is 6.58 Å². The van der Waals surface area contributed by atoms with E-state index in [0.717, 1.165) is 25.7 Å². The molecule has 0 radical (unpaired) electrons. The summed E-state index contributed by atoms with van der Waals surface area (Å²) < 4.78 is 27.0. The second-order valence-electron chi connectivity index (χ2n) is 4.98. The third-order valence-electron chi connectivity index (χ3n) is 3.62. The average molecular weight is 315 g/mol. The molecule has 1 aromatic carbocycles. The van der Waals surface area contributed by atoms with E-state index in [1.807, 2.05) is 0 Å². The van der Waals surface area contributed by atoms with Crippen LogP contribution in [0.4, 0.5) is 5.69 Å². The molecule has 0 saturated heterocycles. The van der Waals surface area contributed by atoms with Crippen LogP contribution < -0.4 is 5.73 Å². The SMILES string of the molecule is C=CCN(C1CCCC1)S(=O)(=O)c1ccc(Cl)c(N)c1. The third-order valence-corrected chi connectivity index (χ3v) is 5.87. The molecule has 0 heterocycles. The van der Waals surface area contributed by atoms with E-state index in [1.54, 1.807) is 6.08 Å². The molecule has 4 nitrogen and oxygen atoms in total. The zero-order valence-electron chi connectivity index (χ0n) is 11.3. The van der Waals surface area contributed by atoms with Crippen LogP contribution in [0.3, 0.4) is 0 Å². The predicted molar refractivity (Wildman–Crippen MR) is 82.2 cm³/mol. The van der Waals surface area contributed by atoms with Gasteiger partial charge in [0.2, 0.25) is 10.0 Å². The van der Waals surface area contributed by atoms with E-state index in [0.29, 0.717) is 11.6 Å². The Labute approximate surface area is 125 Å². The first-order valence-corrected chi connectivity index (χ1v) is 8.46. The van der Waals surface area contributed by atoms with Crippen molar-refractivity contribution in [2.75, 3.05) is 12.3 Å². The van der Waals surface area contributed by atoms with Crippen LogP contribution in [0.25, 0.3) is 0 Å². The molecule has 1 aliphatic carbocycles. The lowest BCUT2D eigenvalue weighted by Crippen LogP contribution is -2.38. The summed E-state index contributed by atoms with van der Waals surface area (Å²) in [6, 6.07) is 4.49. The van der Waals surface area contributed by atoms with Gasteiger partial charge in [0, 0.05) is 12.6 Å². The highest BCUT2D eigenvalue weighted by atomic mass is 35.5. The van der Waals surface area contributed by atoms with Gasteiger partial charge in [-0.15, -0.1) is 6.58 Å². The molecule has 0 amide bonds. The standard InChI is InChI=1S/C14H19ClN2O2S/c1-2-9-17(11-5-3-4-6-11)20(18,19)12-7-8-13(15)14(16)10-12/h2,7-8,10-11H,1,3-6,9,16H2. The summed E-state index contributed by atoms with van der Waals surface area (Å²) in [5.74, 6) is 0. The summed E-state index contributed by atoms with van der Waals surface area (Å²) in [7, 11) is -3.56. The first-order valence-electron chi connectivity index (χ1n) is 6.64. The van der Waals surface area contributed by atoms with Gasteiger partial charge in [0.15, 0.2) is 0 Å². The third kappa shape index (κ3) is 3.00. The van der Waals surface area contributed by atoms with E-state index in [4.69, 9.17) is 17.3 Å². The smallest absolute Gasteiger partial charge is 0.243 e. The van der Waals surface area contributed by atoms with Crippen molar-refractivity contribution in [3.63, 3.8) is 0 Å². The lowest BCUT2D eigenvalue weighted by atomic mass is 10.2. The number of benzene rings is 1. The second kappa shape index (κ2) is 6.16. The van der Waals surface area contributed by atoms with Crippen LogP contribution in [0.5, 0.6) is 0 Å². The molecule has 1 saturated carbocycles. The van der Waals surface area contributed by atoms with Gasteiger partial charge in [-0.1, -0.05) is 30.5 Å². The van der Waals surface area contributed by atoms with Crippen LogP contribution in [0.2, 0.25) is 5.02 Å². The van der Waals surface area contributed by atoms with Gasteiger partial charge in [-0.05, 0) is 31.0 Å². The molecule has 20 heavy (non-hydrogen) atoms. The molecular formula is C14H19ClN2O2S. The van der Waals surface area contributed by atoms with Crippen LogP contribution in [0, 0.1) is 0 Å². The van der Waals surface area contributed by atoms with Crippen molar-refractivity contribution >= 4 is 27.3 Å². The van der Waals surface area contributed by atoms with E-state index >= 15 is 0 Å². The number of nitrogens with zero attached hydrogens (tertiary/aromatic N) is 1. The number of hydrogen-bond donors (Lipinski definition) is 1. The van der Waals surface area contributed by atoms with Gasteiger partial charge in [-0.3, -0.25) is 0 Å². The molecule has 2 rings (SSSR count). The van der Waals surface area contributed by atoms with Crippen molar-refractivity contribution in [3.05, 3.63) is 35.9 Å². The Morgan fingerprint density at radius 2 is 2.05 bits per heavy atom. The molecule has 110 valence electrons. The monoisotopic (exact) mass is 314 g/mol. The molecule has 0 aromatic heterocycles. The normalized spacial score (nSPS) is 16.7. The number of nitrogens with two attached hydrogens (primary N) is 1.